The van der Waals surface area contributed by atoms with Crippen LogP contribution in [0.3, 0.4) is 0 Å². The Balaban J connectivity index is 1.60. The monoisotopic (exact) mass is 611 g/mol. The summed E-state index contributed by atoms with van der Waals surface area (Å²) in [6.45, 7) is 0. The van der Waals surface area contributed by atoms with Crippen molar-refractivity contribution in [3.8, 4) is 16.9 Å². The Morgan fingerprint density at radius 2 is 1.80 bits per heavy atom. The summed E-state index contributed by atoms with van der Waals surface area (Å²) in [5.74, 6) is -0.472. The summed E-state index contributed by atoms with van der Waals surface area (Å²) < 4.78 is 11.4. The van der Waals surface area contributed by atoms with Crippen LogP contribution in [0.1, 0.15) is 43.2 Å². The number of allylic oxidation sites excluding steroid dienone is 4. The third-order valence-corrected chi connectivity index (χ3v) is 8.75. The van der Waals surface area contributed by atoms with Gasteiger partial charge in [0.25, 0.3) is 0 Å². The van der Waals surface area contributed by atoms with Gasteiger partial charge in [0.05, 0.1) is 17.4 Å². The molecule has 2 aliphatic carbocycles. The van der Waals surface area contributed by atoms with E-state index in [1.54, 1.807) is 12.1 Å². The predicted molar refractivity (Wildman–Crippen MR) is 167 cm³/mol. The Hall–Kier alpha value is -3.97. The zero-order valence-electron chi connectivity index (χ0n) is 22.8. The summed E-state index contributed by atoms with van der Waals surface area (Å²) in [5, 5.41) is 16.6. The van der Waals surface area contributed by atoms with Gasteiger partial charge in [0.1, 0.15) is 0 Å². The van der Waals surface area contributed by atoms with Crippen molar-refractivity contribution < 1.29 is 19.2 Å². The predicted octanol–water partition coefficient (Wildman–Crippen LogP) is 8.71. The second kappa shape index (κ2) is 11.5. The normalized spacial score (nSPS) is 15.0. The number of hydrogen-bond donors (Lipinski definition) is 0. The van der Waals surface area contributed by atoms with E-state index in [0.29, 0.717) is 29.1 Å². The second-order valence-corrected chi connectivity index (χ2v) is 11.3. The van der Waals surface area contributed by atoms with E-state index in [4.69, 9.17) is 9.47 Å². The summed E-state index contributed by atoms with van der Waals surface area (Å²) >= 11 is 3.41. The molecule has 0 saturated heterocycles. The van der Waals surface area contributed by atoms with Crippen molar-refractivity contribution in [3.05, 3.63) is 99.6 Å². The molecule has 0 aliphatic heterocycles. The van der Waals surface area contributed by atoms with Gasteiger partial charge >= 0.3 is 11.7 Å². The zero-order chi connectivity index (χ0) is 28.5. The van der Waals surface area contributed by atoms with E-state index in [1.807, 2.05) is 30.3 Å². The Morgan fingerprint density at radius 1 is 0.976 bits per heavy atom. The second-order valence-electron chi connectivity index (χ2n) is 10.5. The molecule has 4 aromatic carbocycles. The lowest BCUT2D eigenvalue weighted by Crippen LogP contribution is -2.29. The number of esters is 1. The number of nitro groups is 1. The average Bonchev–Trinajstić information content (AvgIpc) is 3.01. The Labute approximate surface area is 246 Å². The van der Waals surface area contributed by atoms with Crippen molar-refractivity contribution in [3.63, 3.8) is 0 Å². The highest BCUT2D eigenvalue weighted by Crippen LogP contribution is 2.48. The number of rotatable bonds is 8. The Morgan fingerprint density at radius 3 is 2.61 bits per heavy atom. The van der Waals surface area contributed by atoms with Crippen LogP contribution in [0.4, 0.5) is 5.69 Å². The fourth-order valence-corrected chi connectivity index (χ4v) is 6.60. The molecule has 6 nitrogen and oxygen atoms in total. The molecule has 0 spiro atoms. The summed E-state index contributed by atoms with van der Waals surface area (Å²) in [7, 11) is 1.30. The van der Waals surface area contributed by atoms with E-state index < -0.39 is 17.0 Å². The van der Waals surface area contributed by atoms with E-state index in [0.717, 1.165) is 47.4 Å². The van der Waals surface area contributed by atoms with Crippen molar-refractivity contribution in [1.82, 2.24) is 0 Å². The van der Waals surface area contributed by atoms with Gasteiger partial charge in [-0.25, -0.2) is 4.79 Å². The molecule has 0 amide bonds. The molecule has 6 rings (SSSR count). The lowest BCUT2D eigenvalue weighted by Gasteiger charge is -2.26. The third-order valence-electron chi connectivity index (χ3n) is 8.19. The smallest absolute Gasteiger partial charge is 0.347 e. The molecule has 2 aliphatic rings. The van der Waals surface area contributed by atoms with E-state index in [9.17, 15) is 14.9 Å². The van der Waals surface area contributed by atoms with E-state index in [-0.39, 0.29) is 11.4 Å². The number of carbonyl (C=O) groups excluding carboxylic acids is 1. The van der Waals surface area contributed by atoms with E-state index in [1.165, 1.54) is 29.4 Å². The number of aryl methyl sites for hydroxylation is 1. The Bertz CT molecular complexity index is 1760. The van der Waals surface area contributed by atoms with Crippen LogP contribution in [0.2, 0.25) is 0 Å². The minimum absolute atomic E-state index is 0.0871. The van der Waals surface area contributed by atoms with E-state index >= 15 is 0 Å². The molecule has 0 radical (unpaired) electrons. The Kier molecular flexibility index (Phi) is 7.63. The third kappa shape index (κ3) is 4.93. The molecule has 1 atom stereocenters. The SMILES string of the molecule is COC(=O)C(CCCBr)Oc1c(-c2cccc3c4c(ccc23)C2=C(CCC=C2)CC4)cc2ccccc2c1[N+](=O)[O-]. The van der Waals surface area contributed by atoms with Crippen LogP contribution in [0.25, 0.3) is 38.2 Å². The highest BCUT2D eigenvalue weighted by atomic mass is 79.9. The number of alkyl halides is 1. The summed E-state index contributed by atoms with van der Waals surface area (Å²) in [6, 6.07) is 19.6. The molecule has 208 valence electrons. The molecule has 4 aromatic rings. The number of carbonyl (C=O) groups is 1. The summed E-state index contributed by atoms with van der Waals surface area (Å²) in [5.41, 5.74) is 6.70. The average molecular weight is 613 g/mol. The maximum atomic E-state index is 12.8. The van der Waals surface area contributed by atoms with Gasteiger partial charge in [-0.2, -0.15) is 0 Å². The van der Waals surface area contributed by atoms with Crippen molar-refractivity contribution in [2.45, 2.75) is 44.6 Å². The lowest BCUT2D eigenvalue weighted by atomic mass is 9.79. The maximum absolute atomic E-state index is 12.8. The van der Waals surface area contributed by atoms with Crippen molar-refractivity contribution in [1.29, 1.82) is 0 Å². The van der Waals surface area contributed by atoms with Gasteiger partial charge in [-0.3, -0.25) is 10.1 Å². The molecule has 1 unspecified atom stereocenters. The first-order valence-electron chi connectivity index (χ1n) is 14.0. The van der Waals surface area contributed by atoms with Gasteiger partial charge < -0.3 is 9.47 Å². The highest BCUT2D eigenvalue weighted by Gasteiger charge is 2.31. The topological polar surface area (TPSA) is 78.7 Å². The number of halogens is 1. The fourth-order valence-electron chi connectivity index (χ4n) is 6.28. The molecule has 7 heteroatoms. The molecule has 41 heavy (non-hydrogen) atoms. The number of fused-ring (bicyclic) bond motifs is 5. The minimum Gasteiger partial charge on any atom is -0.471 e. The number of benzene rings is 4. The zero-order valence-corrected chi connectivity index (χ0v) is 24.4. The van der Waals surface area contributed by atoms with Gasteiger partial charge in [-0.15, -0.1) is 0 Å². The number of nitrogens with zero attached hydrogens (tertiary/aromatic N) is 1. The molecule has 0 aromatic heterocycles. The van der Waals surface area contributed by atoms with Crippen molar-refractivity contribution in [2.24, 2.45) is 0 Å². The molecule has 0 saturated carbocycles. The van der Waals surface area contributed by atoms with Gasteiger partial charge in [0.15, 0.2) is 6.10 Å². The molecule has 0 bridgehead atoms. The standard InChI is InChI=1S/C34H30BrNO5/c1-40-34(37)31(14-7-19-35)41-33-30(20-22-9-3-5-11-24(22)32(33)36(38)39)26-13-6-12-25-28-16-15-21-8-2-4-10-23(21)27(28)17-18-29(25)26/h3-6,9-13,17-18,20,31H,2,7-8,14-16,19H2,1H3. The molecule has 0 fully saturated rings. The lowest BCUT2D eigenvalue weighted by molar-refractivity contribution is -0.384. The largest absolute Gasteiger partial charge is 0.471 e. The molecule has 0 N–H and O–H groups in total. The number of hydrogen-bond acceptors (Lipinski definition) is 5. The quantitative estimate of drug-likeness (QED) is 0.0861. The maximum Gasteiger partial charge on any atom is 0.347 e. The molecular weight excluding hydrogens is 582 g/mol. The molecule has 0 heterocycles. The van der Waals surface area contributed by atoms with Gasteiger partial charge in [0.2, 0.25) is 5.75 Å². The number of ether oxygens (including phenoxy) is 2. The van der Waals surface area contributed by atoms with Crippen LogP contribution in [-0.4, -0.2) is 29.4 Å². The highest BCUT2D eigenvalue weighted by molar-refractivity contribution is 9.09. The minimum atomic E-state index is -0.984. The number of nitro benzene ring substituents is 1. The van der Waals surface area contributed by atoms with Crippen molar-refractivity contribution >= 4 is 54.7 Å². The fraction of sp³-hybridized carbons (Fsp3) is 0.265. The van der Waals surface area contributed by atoms with Crippen LogP contribution >= 0.6 is 15.9 Å². The van der Waals surface area contributed by atoms with E-state index in [2.05, 4.69) is 46.3 Å². The van der Waals surface area contributed by atoms with Crippen LogP contribution in [0, 0.1) is 10.1 Å². The van der Waals surface area contributed by atoms with Crippen LogP contribution in [0.5, 0.6) is 5.75 Å². The van der Waals surface area contributed by atoms with Crippen LogP contribution < -0.4 is 4.74 Å². The first-order valence-corrected chi connectivity index (χ1v) is 15.1. The van der Waals surface area contributed by atoms with Gasteiger partial charge in [-0.05, 0) is 89.1 Å². The van der Waals surface area contributed by atoms with Crippen LogP contribution in [0.15, 0.2) is 78.4 Å². The first-order chi connectivity index (χ1) is 20.0. The number of methoxy groups -OCH3 is 1. The van der Waals surface area contributed by atoms with Crippen molar-refractivity contribution in [2.75, 3.05) is 12.4 Å². The van der Waals surface area contributed by atoms with Gasteiger partial charge in [-0.1, -0.05) is 82.2 Å². The first kappa shape index (κ1) is 27.2. The summed E-state index contributed by atoms with van der Waals surface area (Å²) in [4.78, 5) is 25.0. The van der Waals surface area contributed by atoms with Crippen LogP contribution in [-0.2, 0) is 16.0 Å². The summed E-state index contributed by atoms with van der Waals surface area (Å²) in [6.07, 6.45) is 8.73. The van der Waals surface area contributed by atoms with Gasteiger partial charge in [0, 0.05) is 10.9 Å². The molecular formula is C34H30BrNO5.